The third-order valence-corrected chi connectivity index (χ3v) is 2.13. The quantitative estimate of drug-likeness (QED) is 0.813. The summed E-state index contributed by atoms with van der Waals surface area (Å²) in [6, 6.07) is 1.30. The molecule has 5 nitrogen and oxygen atoms in total. The number of benzene rings is 1. The van der Waals surface area contributed by atoms with E-state index >= 15 is 0 Å². The molecule has 0 atom stereocenters. The molecule has 1 heterocycles. The topological polar surface area (TPSA) is 80.9 Å². The minimum atomic E-state index is -1.61. The number of rotatable bonds is 2. The van der Waals surface area contributed by atoms with E-state index in [9.17, 15) is 18.0 Å². The van der Waals surface area contributed by atoms with Crippen molar-refractivity contribution in [2.45, 2.75) is 0 Å². The summed E-state index contributed by atoms with van der Waals surface area (Å²) in [5, 5.41) is 2.15. The highest BCUT2D eigenvalue weighted by Crippen LogP contribution is 2.17. The highest BCUT2D eigenvalue weighted by molar-refractivity contribution is 6.02. The van der Waals surface area contributed by atoms with Gasteiger partial charge in [-0.25, -0.2) is 18.2 Å². The van der Waals surface area contributed by atoms with E-state index in [0.717, 1.165) is 6.20 Å². The Balaban J connectivity index is 2.24. The number of anilines is 2. The van der Waals surface area contributed by atoms with E-state index in [0.29, 0.717) is 12.1 Å². The SMILES string of the molecule is Nc1cncc(C(=O)Nc2cc(F)c(F)c(F)c2)n1. The van der Waals surface area contributed by atoms with Gasteiger partial charge in [0.25, 0.3) is 5.91 Å². The molecule has 0 radical (unpaired) electrons. The summed E-state index contributed by atoms with van der Waals surface area (Å²) in [4.78, 5) is 19.0. The smallest absolute Gasteiger partial charge is 0.275 e. The van der Waals surface area contributed by atoms with E-state index in [-0.39, 0.29) is 17.2 Å². The van der Waals surface area contributed by atoms with Gasteiger partial charge < -0.3 is 11.1 Å². The molecule has 0 saturated carbocycles. The fraction of sp³-hybridized carbons (Fsp3) is 0. The van der Waals surface area contributed by atoms with Crippen LogP contribution in [0.15, 0.2) is 24.5 Å². The lowest BCUT2D eigenvalue weighted by atomic mass is 10.2. The van der Waals surface area contributed by atoms with Gasteiger partial charge in [0.1, 0.15) is 11.5 Å². The number of carbonyl (C=O) groups is 1. The van der Waals surface area contributed by atoms with Crippen LogP contribution in [0.3, 0.4) is 0 Å². The van der Waals surface area contributed by atoms with Crippen molar-refractivity contribution in [1.82, 2.24) is 9.97 Å². The molecular weight excluding hydrogens is 261 g/mol. The van der Waals surface area contributed by atoms with Crippen LogP contribution in [0.4, 0.5) is 24.7 Å². The van der Waals surface area contributed by atoms with Crippen LogP contribution in [-0.4, -0.2) is 15.9 Å². The Kier molecular flexibility index (Phi) is 3.32. The summed E-state index contributed by atoms with van der Waals surface area (Å²) >= 11 is 0. The number of hydrogen-bond donors (Lipinski definition) is 2. The highest BCUT2D eigenvalue weighted by Gasteiger charge is 2.14. The first kappa shape index (κ1) is 12.8. The van der Waals surface area contributed by atoms with Crippen LogP contribution in [0.25, 0.3) is 0 Å². The zero-order valence-corrected chi connectivity index (χ0v) is 9.32. The lowest BCUT2D eigenvalue weighted by Crippen LogP contribution is -2.15. The molecule has 1 aromatic carbocycles. The summed E-state index contributed by atoms with van der Waals surface area (Å²) in [6.07, 6.45) is 2.36. The second-order valence-corrected chi connectivity index (χ2v) is 3.54. The molecular formula is C11H7F3N4O. The van der Waals surface area contributed by atoms with Crippen molar-refractivity contribution in [3.05, 3.63) is 47.7 Å². The molecule has 0 fully saturated rings. The van der Waals surface area contributed by atoms with E-state index in [1.54, 1.807) is 0 Å². The van der Waals surface area contributed by atoms with Gasteiger partial charge in [-0.2, -0.15) is 0 Å². The molecule has 0 aliphatic carbocycles. The van der Waals surface area contributed by atoms with Gasteiger partial charge in [0.2, 0.25) is 0 Å². The van der Waals surface area contributed by atoms with Gasteiger partial charge in [-0.05, 0) is 0 Å². The van der Waals surface area contributed by atoms with Crippen molar-refractivity contribution in [2.24, 2.45) is 0 Å². The van der Waals surface area contributed by atoms with Crippen molar-refractivity contribution >= 4 is 17.4 Å². The summed E-state index contributed by atoms with van der Waals surface area (Å²) in [5.74, 6) is -5.18. The fourth-order valence-corrected chi connectivity index (χ4v) is 1.31. The predicted molar refractivity (Wildman–Crippen MR) is 60.7 cm³/mol. The normalized spacial score (nSPS) is 10.3. The van der Waals surface area contributed by atoms with Crippen molar-refractivity contribution in [3.8, 4) is 0 Å². The lowest BCUT2D eigenvalue weighted by molar-refractivity contribution is 0.102. The first-order valence-electron chi connectivity index (χ1n) is 5.01. The number of nitrogens with one attached hydrogen (secondary N) is 1. The number of nitrogens with two attached hydrogens (primary N) is 1. The van der Waals surface area contributed by atoms with Crippen molar-refractivity contribution < 1.29 is 18.0 Å². The first-order chi connectivity index (χ1) is 8.97. The number of halogens is 3. The summed E-state index contributed by atoms with van der Waals surface area (Å²) in [6.45, 7) is 0. The maximum atomic E-state index is 12.9. The Morgan fingerprint density at radius 3 is 2.37 bits per heavy atom. The zero-order chi connectivity index (χ0) is 14.0. The van der Waals surface area contributed by atoms with Crippen molar-refractivity contribution in [2.75, 3.05) is 11.1 Å². The van der Waals surface area contributed by atoms with Crippen LogP contribution in [0.5, 0.6) is 0 Å². The van der Waals surface area contributed by atoms with Gasteiger partial charge >= 0.3 is 0 Å². The molecule has 0 bridgehead atoms. The predicted octanol–water partition coefficient (Wildman–Crippen LogP) is 1.73. The van der Waals surface area contributed by atoms with Crippen molar-refractivity contribution in [3.63, 3.8) is 0 Å². The monoisotopic (exact) mass is 268 g/mol. The maximum absolute atomic E-state index is 12.9. The molecule has 98 valence electrons. The van der Waals surface area contributed by atoms with Crippen LogP contribution >= 0.6 is 0 Å². The molecule has 1 aromatic heterocycles. The molecule has 0 saturated heterocycles. The zero-order valence-electron chi connectivity index (χ0n) is 9.32. The van der Waals surface area contributed by atoms with Gasteiger partial charge in [-0.3, -0.25) is 9.78 Å². The second kappa shape index (κ2) is 4.92. The molecule has 0 spiro atoms. The van der Waals surface area contributed by atoms with Gasteiger partial charge in [0.15, 0.2) is 17.5 Å². The maximum Gasteiger partial charge on any atom is 0.275 e. The third kappa shape index (κ3) is 2.79. The molecule has 1 amide bonds. The van der Waals surface area contributed by atoms with E-state index < -0.39 is 23.4 Å². The third-order valence-electron chi connectivity index (χ3n) is 2.13. The first-order valence-corrected chi connectivity index (χ1v) is 5.01. The van der Waals surface area contributed by atoms with E-state index in [1.807, 2.05) is 0 Å². The molecule has 8 heteroatoms. The van der Waals surface area contributed by atoms with Crippen LogP contribution in [-0.2, 0) is 0 Å². The Labute approximate surface area is 105 Å². The molecule has 0 unspecified atom stereocenters. The highest BCUT2D eigenvalue weighted by atomic mass is 19.2. The van der Waals surface area contributed by atoms with Gasteiger partial charge in [0.05, 0.1) is 12.4 Å². The second-order valence-electron chi connectivity index (χ2n) is 3.54. The molecule has 0 aliphatic rings. The number of carbonyl (C=O) groups excluding carboxylic acids is 1. The van der Waals surface area contributed by atoms with Crippen molar-refractivity contribution in [1.29, 1.82) is 0 Å². The lowest BCUT2D eigenvalue weighted by Gasteiger charge is -2.05. The van der Waals surface area contributed by atoms with E-state index in [4.69, 9.17) is 5.73 Å². The van der Waals surface area contributed by atoms with E-state index in [2.05, 4.69) is 15.3 Å². The van der Waals surface area contributed by atoms with E-state index in [1.165, 1.54) is 6.20 Å². The minimum absolute atomic E-state index is 0.0177. The molecule has 0 aliphatic heterocycles. The largest absolute Gasteiger partial charge is 0.382 e. The number of nitrogen functional groups attached to an aromatic ring is 1. The van der Waals surface area contributed by atoms with Crippen LogP contribution in [0, 0.1) is 17.5 Å². The van der Waals surface area contributed by atoms with Crippen LogP contribution in [0.1, 0.15) is 10.5 Å². The number of hydrogen-bond acceptors (Lipinski definition) is 4. The number of amides is 1. The molecule has 3 N–H and O–H groups in total. The Morgan fingerprint density at radius 2 is 1.79 bits per heavy atom. The average molecular weight is 268 g/mol. The minimum Gasteiger partial charge on any atom is -0.382 e. The molecule has 2 rings (SSSR count). The van der Waals surface area contributed by atoms with Gasteiger partial charge in [0, 0.05) is 17.8 Å². The average Bonchev–Trinajstić information content (AvgIpc) is 2.36. The fourth-order valence-electron chi connectivity index (χ4n) is 1.31. The molecule has 2 aromatic rings. The number of aromatic nitrogens is 2. The summed E-state index contributed by atoms with van der Waals surface area (Å²) < 4.78 is 38.6. The Bertz CT molecular complexity index is 625. The molecule has 19 heavy (non-hydrogen) atoms. The Morgan fingerprint density at radius 1 is 1.16 bits per heavy atom. The summed E-state index contributed by atoms with van der Waals surface area (Å²) in [5.41, 5.74) is 4.96. The van der Waals surface area contributed by atoms with Crippen LogP contribution in [0.2, 0.25) is 0 Å². The number of nitrogens with zero attached hydrogens (tertiary/aromatic N) is 2. The standard InChI is InChI=1S/C11H7F3N4O/c12-6-1-5(2-7(13)10(6)14)17-11(19)8-3-16-4-9(15)18-8/h1-4H,(H2,15,18)(H,17,19). The van der Waals surface area contributed by atoms with Gasteiger partial charge in [-0.15, -0.1) is 0 Å². The summed E-state index contributed by atoms with van der Waals surface area (Å²) in [7, 11) is 0. The Hall–Kier alpha value is -2.64. The van der Waals surface area contributed by atoms with Gasteiger partial charge in [-0.1, -0.05) is 0 Å². The van der Waals surface area contributed by atoms with Crippen LogP contribution < -0.4 is 11.1 Å².